The van der Waals surface area contributed by atoms with Gasteiger partial charge in [-0.2, -0.15) is 0 Å². The second-order valence-electron chi connectivity index (χ2n) is 4.23. The van der Waals surface area contributed by atoms with Crippen LogP contribution in [0.3, 0.4) is 0 Å². The Morgan fingerprint density at radius 3 is 2.58 bits per heavy atom. The van der Waals surface area contributed by atoms with Crippen molar-refractivity contribution in [3.05, 3.63) is 42.7 Å². The lowest BCUT2D eigenvalue weighted by Gasteiger charge is -2.03. The second kappa shape index (κ2) is 4.53. The molecule has 0 saturated heterocycles. The molecule has 0 bridgehead atoms. The van der Waals surface area contributed by atoms with Crippen LogP contribution in [0.15, 0.2) is 42.7 Å². The maximum absolute atomic E-state index is 11.0. The third-order valence-corrected chi connectivity index (χ3v) is 2.78. The highest BCUT2D eigenvalue weighted by atomic mass is 16.1. The van der Waals surface area contributed by atoms with Crippen LogP contribution in [-0.4, -0.2) is 20.9 Å². The van der Waals surface area contributed by atoms with Gasteiger partial charge >= 0.3 is 0 Å². The van der Waals surface area contributed by atoms with Crippen LogP contribution in [0.1, 0.15) is 6.92 Å². The van der Waals surface area contributed by atoms with Gasteiger partial charge in [-0.05, 0) is 23.8 Å². The van der Waals surface area contributed by atoms with Gasteiger partial charge in [0.05, 0.1) is 0 Å². The van der Waals surface area contributed by atoms with Crippen LogP contribution in [0.25, 0.3) is 22.4 Å². The first-order valence-electron chi connectivity index (χ1n) is 5.90. The summed E-state index contributed by atoms with van der Waals surface area (Å²) in [6.45, 7) is 1.49. The minimum Gasteiger partial charge on any atom is -0.338 e. The topological polar surface area (TPSA) is 70.7 Å². The van der Waals surface area contributed by atoms with E-state index in [4.69, 9.17) is 0 Å². The number of amides is 1. The molecule has 0 aliphatic rings. The average molecular weight is 252 g/mol. The van der Waals surface area contributed by atoms with E-state index in [0.717, 1.165) is 28.1 Å². The number of fused-ring (bicyclic) bond motifs is 1. The lowest BCUT2D eigenvalue weighted by Crippen LogP contribution is -2.05. The van der Waals surface area contributed by atoms with E-state index in [1.165, 1.54) is 6.92 Å². The van der Waals surface area contributed by atoms with Gasteiger partial charge < -0.3 is 10.3 Å². The first kappa shape index (κ1) is 11.4. The summed E-state index contributed by atoms with van der Waals surface area (Å²) in [4.78, 5) is 22.6. The molecule has 0 aliphatic heterocycles. The van der Waals surface area contributed by atoms with Crippen molar-refractivity contribution in [2.24, 2.45) is 0 Å². The number of aromatic amines is 1. The highest BCUT2D eigenvalue weighted by Gasteiger charge is 2.04. The maximum atomic E-state index is 11.0. The molecule has 5 heteroatoms. The van der Waals surface area contributed by atoms with Crippen LogP contribution in [0, 0.1) is 0 Å². The number of hydrogen-bond acceptors (Lipinski definition) is 3. The van der Waals surface area contributed by atoms with E-state index in [1.54, 1.807) is 12.4 Å². The maximum Gasteiger partial charge on any atom is 0.221 e. The highest BCUT2D eigenvalue weighted by molar-refractivity contribution is 5.89. The zero-order valence-electron chi connectivity index (χ0n) is 10.3. The van der Waals surface area contributed by atoms with Gasteiger partial charge in [0.1, 0.15) is 5.52 Å². The van der Waals surface area contributed by atoms with Crippen LogP contribution in [-0.2, 0) is 4.79 Å². The molecule has 1 aromatic carbocycles. The van der Waals surface area contributed by atoms with Crippen molar-refractivity contribution in [3.8, 4) is 11.3 Å². The third-order valence-electron chi connectivity index (χ3n) is 2.78. The summed E-state index contributed by atoms with van der Waals surface area (Å²) in [5.41, 5.74) is 4.36. The summed E-state index contributed by atoms with van der Waals surface area (Å²) in [5, 5.41) is 2.74. The predicted octanol–water partition coefficient (Wildman–Crippen LogP) is 2.58. The summed E-state index contributed by atoms with van der Waals surface area (Å²) in [5.74, 6) is -0.0771. The van der Waals surface area contributed by atoms with Gasteiger partial charge in [-0.3, -0.25) is 9.78 Å². The van der Waals surface area contributed by atoms with E-state index in [9.17, 15) is 4.79 Å². The van der Waals surface area contributed by atoms with Crippen molar-refractivity contribution < 1.29 is 4.79 Å². The average Bonchev–Trinajstić information content (AvgIpc) is 2.82. The SMILES string of the molecule is CC(=O)Nc1ccc(-c2cc3nccnc3[nH]2)cc1. The number of rotatable bonds is 2. The Morgan fingerprint density at radius 2 is 1.89 bits per heavy atom. The molecule has 3 rings (SSSR count). The van der Waals surface area contributed by atoms with Crippen LogP contribution >= 0.6 is 0 Å². The Morgan fingerprint density at radius 1 is 1.16 bits per heavy atom. The fourth-order valence-corrected chi connectivity index (χ4v) is 1.94. The molecule has 0 radical (unpaired) electrons. The molecule has 3 aromatic rings. The Balaban J connectivity index is 1.95. The molecule has 0 spiro atoms. The van der Waals surface area contributed by atoms with Gasteiger partial charge in [-0.25, -0.2) is 4.98 Å². The van der Waals surface area contributed by atoms with E-state index in [2.05, 4.69) is 20.3 Å². The molecule has 2 heterocycles. The van der Waals surface area contributed by atoms with Gasteiger partial charge in [0, 0.05) is 30.7 Å². The minimum absolute atomic E-state index is 0.0771. The molecular weight excluding hydrogens is 240 g/mol. The molecule has 1 amide bonds. The van der Waals surface area contributed by atoms with Crippen molar-refractivity contribution in [2.75, 3.05) is 5.32 Å². The number of carbonyl (C=O) groups excluding carboxylic acids is 1. The molecule has 0 aliphatic carbocycles. The highest BCUT2D eigenvalue weighted by Crippen LogP contribution is 2.23. The largest absolute Gasteiger partial charge is 0.338 e. The van der Waals surface area contributed by atoms with Crippen LogP contribution < -0.4 is 5.32 Å². The normalized spacial score (nSPS) is 10.6. The van der Waals surface area contributed by atoms with Crippen LogP contribution in [0.4, 0.5) is 5.69 Å². The molecule has 0 unspecified atom stereocenters. The second-order valence-corrected chi connectivity index (χ2v) is 4.23. The first-order valence-corrected chi connectivity index (χ1v) is 5.90. The fraction of sp³-hybridized carbons (Fsp3) is 0.0714. The van der Waals surface area contributed by atoms with Crippen molar-refractivity contribution in [1.29, 1.82) is 0 Å². The molecule has 94 valence electrons. The van der Waals surface area contributed by atoms with Crippen molar-refractivity contribution in [3.63, 3.8) is 0 Å². The summed E-state index contributed by atoms with van der Waals surface area (Å²) in [6.07, 6.45) is 3.32. The molecule has 2 N–H and O–H groups in total. The van der Waals surface area contributed by atoms with Crippen molar-refractivity contribution in [2.45, 2.75) is 6.92 Å². The van der Waals surface area contributed by atoms with Gasteiger partial charge in [-0.1, -0.05) is 12.1 Å². The molecule has 0 saturated carbocycles. The Hall–Kier alpha value is -2.69. The Bertz CT molecular complexity index is 698. The monoisotopic (exact) mass is 252 g/mol. The Kier molecular flexibility index (Phi) is 2.72. The van der Waals surface area contributed by atoms with Gasteiger partial charge in [-0.15, -0.1) is 0 Å². The predicted molar refractivity (Wildman–Crippen MR) is 73.6 cm³/mol. The quantitative estimate of drug-likeness (QED) is 0.736. The van der Waals surface area contributed by atoms with Gasteiger partial charge in [0.2, 0.25) is 5.91 Å². The number of nitrogens with zero attached hydrogens (tertiary/aromatic N) is 2. The van der Waals surface area contributed by atoms with E-state index in [1.807, 2.05) is 30.3 Å². The lowest BCUT2D eigenvalue weighted by molar-refractivity contribution is -0.114. The van der Waals surface area contributed by atoms with Gasteiger partial charge in [0.25, 0.3) is 0 Å². The molecule has 0 atom stereocenters. The minimum atomic E-state index is -0.0771. The van der Waals surface area contributed by atoms with E-state index in [-0.39, 0.29) is 5.91 Å². The van der Waals surface area contributed by atoms with Crippen molar-refractivity contribution in [1.82, 2.24) is 15.0 Å². The molecule has 2 aromatic heterocycles. The van der Waals surface area contributed by atoms with E-state index in [0.29, 0.717) is 0 Å². The summed E-state index contributed by atoms with van der Waals surface area (Å²) in [7, 11) is 0. The number of aromatic nitrogens is 3. The number of carbonyl (C=O) groups is 1. The third kappa shape index (κ3) is 2.30. The zero-order chi connectivity index (χ0) is 13.2. The Labute approximate surface area is 109 Å². The molecular formula is C14H12N4O. The number of anilines is 1. The number of nitrogens with one attached hydrogen (secondary N) is 2. The fourth-order valence-electron chi connectivity index (χ4n) is 1.94. The smallest absolute Gasteiger partial charge is 0.221 e. The summed E-state index contributed by atoms with van der Waals surface area (Å²) >= 11 is 0. The summed E-state index contributed by atoms with van der Waals surface area (Å²) < 4.78 is 0. The zero-order valence-corrected chi connectivity index (χ0v) is 10.3. The van der Waals surface area contributed by atoms with Crippen LogP contribution in [0.2, 0.25) is 0 Å². The van der Waals surface area contributed by atoms with Crippen LogP contribution in [0.5, 0.6) is 0 Å². The molecule has 0 fully saturated rings. The molecule has 5 nitrogen and oxygen atoms in total. The number of H-pyrrole nitrogens is 1. The molecule has 19 heavy (non-hydrogen) atoms. The van der Waals surface area contributed by atoms with E-state index < -0.39 is 0 Å². The standard InChI is InChI=1S/C14H12N4O/c1-9(19)17-11-4-2-10(3-5-11)12-8-13-14(18-12)16-7-6-15-13/h2-8H,1H3,(H,16,18)(H,17,19). The van der Waals surface area contributed by atoms with Gasteiger partial charge in [0.15, 0.2) is 5.65 Å². The summed E-state index contributed by atoms with van der Waals surface area (Å²) in [6, 6.07) is 9.56. The first-order chi connectivity index (χ1) is 9.22. The number of hydrogen-bond donors (Lipinski definition) is 2. The lowest BCUT2D eigenvalue weighted by atomic mass is 10.1. The van der Waals surface area contributed by atoms with Crippen molar-refractivity contribution >= 4 is 22.8 Å². The van der Waals surface area contributed by atoms with E-state index >= 15 is 0 Å². The number of benzene rings is 1.